The maximum atomic E-state index is 13.5. The van der Waals surface area contributed by atoms with Crippen LogP contribution in [-0.4, -0.2) is 225 Å². The fraction of sp³-hybridized carbons (Fsp3) is 0.839. The van der Waals surface area contributed by atoms with Crippen LogP contribution in [0.5, 0.6) is 0 Å². The minimum atomic E-state index is -4.69. The minimum absolute atomic E-state index is 0.0209. The lowest BCUT2D eigenvalue weighted by Gasteiger charge is -2.21. The number of Topliss-reactive ketones (excluding diaryl/α,β-unsaturated/α-hetero) is 3. The highest BCUT2D eigenvalue weighted by Gasteiger charge is 2.27. The predicted molar refractivity (Wildman–Crippen MR) is 493 cm³/mol. The van der Waals surface area contributed by atoms with Crippen molar-refractivity contribution < 1.29 is 114 Å². The van der Waals surface area contributed by atoms with Crippen molar-refractivity contribution in [3.8, 4) is 0 Å². The molecular weight excluding hydrogens is 1670 g/mol. The van der Waals surface area contributed by atoms with Gasteiger partial charge in [-0.15, -0.1) is 0 Å². The van der Waals surface area contributed by atoms with Gasteiger partial charge in [0.1, 0.15) is 49.8 Å². The average molecular weight is 1840 g/mol. The average Bonchev–Trinajstić information content (AvgIpc) is 0.888. The van der Waals surface area contributed by atoms with E-state index in [0.29, 0.717) is 89.4 Å². The maximum Gasteiger partial charge on any atom is 0.472 e. The van der Waals surface area contributed by atoms with Crippen molar-refractivity contribution in [2.24, 2.45) is 17.4 Å². The van der Waals surface area contributed by atoms with E-state index in [1.807, 2.05) is 0 Å². The van der Waals surface area contributed by atoms with Crippen LogP contribution in [0.3, 0.4) is 0 Å². The van der Waals surface area contributed by atoms with E-state index in [1.165, 1.54) is 162 Å². The maximum absolute atomic E-state index is 13.5. The number of hydrogen-bond donors (Lipinski definition) is 11. The van der Waals surface area contributed by atoms with Crippen LogP contribution in [0.4, 0.5) is 4.79 Å². The van der Waals surface area contributed by atoms with Crippen LogP contribution < -0.4 is 54.0 Å². The summed E-state index contributed by atoms with van der Waals surface area (Å²) in [5, 5.41) is 21.6. The van der Waals surface area contributed by atoms with E-state index in [1.54, 1.807) is 0 Å². The summed E-state index contributed by atoms with van der Waals surface area (Å²) in [5.41, 5.74) is 10.9. The number of hydrogen-bond acceptors (Lipinski definition) is 24. The fourth-order valence-corrected chi connectivity index (χ4v) is 14.6. The SMILES string of the molecule is C=C(CCCCCCCCCCCCCCCCC)OCC(COP(=O)(O)OCCNC(=O)OCCNC(=O)CCCC(=O)CCCCCC(NC(=O)CCCC(=O)NCCOCCOCC(=O)NCCOCCOCC(=O)NCCCCC(NCC(C)=O)C(N)=O)C(=O)NCCCCC(CCC(C)=O)C(N)=O)OC(=O)CCCCCCCCCCCCCCCCC. The van der Waals surface area contributed by atoms with Gasteiger partial charge in [0.25, 0.3) is 0 Å². The van der Waals surface area contributed by atoms with Crippen LogP contribution in [0, 0.1) is 5.92 Å². The largest absolute Gasteiger partial charge is 0.495 e. The second-order valence-electron chi connectivity index (χ2n) is 33.4. The Kier molecular flexibility index (Phi) is 81.9. The number of esters is 1. The summed E-state index contributed by atoms with van der Waals surface area (Å²) in [5.74, 6) is -3.84. The molecule has 0 fully saturated rings. The molecule has 13 N–H and O–H groups in total. The van der Waals surface area contributed by atoms with Crippen molar-refractivity contribution in [3.63, 3.8) is 0 Å². The lowest BCUT2D eigenvalue weighted by Crippen LogP contribution is -2.47. The highest BCUT2D eigenvalue weighted by molar-refractivity contribution is 7.47. The molecule has 0 aliphatic carbocycles. The smallest absolute Gasteiger partial charge is 0.472 e. The molecule has 0 bridgehead atoms. The third-order valence-corrected chi connectivity index (χ3v) is 22.3. The van der Waals surface area contributed by atoms with Gasteiger partial charge in [-0.25, -0.2) is 9.36 Å². The number of unbranched alkanes of at least 4 members (excludes halogenated alkanes) is 32. The quantitative estimate of drug-likeness (QED) is 0.0117. The summed E-state index contributed by atoms with van der Waals surface area (Å²) in [6.07, 6.45) is 42.1. The first-order valence-electron chi connectivity index (χ1n) is 48.6. The molecule has 0 aliphatic heterocycles. The number of alkyl carbamates (subject to hydrolysis) is 1. The lowest BCUT2D eigenvalue weighted by atomic mass is 9.95. The first kappa shape index (κ1) is 121. The summed E-state index contributed by atoms with van der Waals surface area (Å²) in [6.45, 7) is 11.7. The standard InChI is InChI=1S/C93H171N10O24P/c1-6-8-10-12-14-16-18-20-22-24-26-28-30-32-35-45-78(5)124-72-81(127-89(112)54-38-33-31-29-27-25-23-21-19-17-15-13-11-9-7-2)73-126-128(117,118)125-66-62-101-93(116)123-65-61-98-84(107)51-43-48-80(106)47-36-34-37-50-83(92(115)100-58-41-39-46-79(90(94)113)56-55-76(3)104)103-86(109)53-44-52-85(108)97-59-63-119-67-70-122-75-88(111)99-60-64-120-68-69-121-74-87(110)96-57-42-40-49-82(91(95)114)102-71-77(4)105/h79,81-83,102H,5-75H2,1-4H3,(H2,94,113)(H2,95,114)(H,96,110)(H,97,108)(H,98,107)(H,99,111)(H,100,115)(H,101,116)(H,103,109)(H,117,118). The Bertz CT molecular complexity index is 3010. The molecule has 0 spiro atoms. The molecule has 0 radical (unpaired) electrons. The first-order valence-corrected chi connectivity index (χ1v) is 50.1. The van der Waals surface area contributed by atoms with Gasteiger partial charge in [-0.2, -0.15) is 0 Å². The van der Waals surface area contributed by atoms with Gasteiger partial charge in [0.2, 0.25) is 47.3 Å². The zero-order valence-electron chi connectivity index (χ0n) is 79.0. The molecule has 0 aromatic rings. The van der Waals surface area contributed by atoms with E-state index in [9.17, 15) is 71.8 Å². The Labute approximate surface area is 765 Å². The van der Waals surface area contributed by atoms with Crippen molar-refractivity contribution >= 4 is 84.5 Å². The number of amides is 9. The van der Waals surface area contributed by atoms with Gasteiger partial charge in [-0.05, 0) is 90.9 Å². The Hall–Kier alpha value is -7.04. The molecule has 0 rings (SSSR count). The lowest BCUT2D eigenvalue weighted by molar-refractivity contribution is -0.154. The molecule has 35 heteroatoms. The molecule has 0 saturated heterocycles. The van der Waals surface area contributed by atoms with E-state index in [4.69, 9.17) is 53.7 Å². The van der Waals surface area contributed by atoms with Gasteiger partial charge >= 0.3 is 19.9 Å². The van der Waals surface area contributed by atoms with Crippen molar-refractivity contribution in [2.45, 2.75) is 373 Å². The second kappa shape index (κ2) is 86.7. The van der Waals surface area contributed by atoms with Gasteiger partial charge in [-0.3, -0.25) is 67.1 Å². The summed E-state index contributed by atoms with van der Waals surface area (Å²) in [4.78, 5) is 171. The van der Waals surface area contributed by atoms with E-state index < -0.39 is 80.8 Å². The fourth-order valence-electron chi connectivity index (χ4n) is 13.8. The molecule has 128 heavy (non-hydrogen) atoms. The number of allylic oxidation sites excluding steroid dienone is 1. The number of carbonyl (C=O) groups is 13. The molecule has 0 aliphatic rings. The van der Waals surface area contributed by atoms with Crippen molar-refractivity contribution in [1.82, 2.24) is 42.5 Å². The Morgan fingerprint density at radius 1 is 0.359 bits per heavy atom. The van der Waals surface area contributed by atoms with Crippen LogP contribution in [0.15, 0.2) is 12.3 Å². The van der Waals surface area contributed by atoms with Gasteiger partial charge in [0.15, 0.2) is 6.10 Å². The van der Waals surface area contributed by atoms with Gasteiger partial charge in [-0.1, -0.05) is 219 Å². The number of nitrogens with two attached hydrogens (primary N) is 2. The Morgan fingerprint density at radius 3 is 1.30 bits per heavy atom. The third-order valence-electron chi connectivity index (χ3n) is 21.3. The van der Waals surface area contributed by atoms with Crippen LogP contribution in [-0.2, 0) is 104 Å². The van der Waals surface area contributed by atoms with Crippen molar-refractivity contribution in [3.05, 3.63) is 12.3 Å². The molecule has 34 nitrogen and oxygen atoms in total. The number of ketones is 3. The number of nitrogens with one attached hydrogen (secondary N) is 8. The molecular formula is C93H171N10O24P. The number of primary amides is 2. The Balaban J connectivity index is 4.81. The monoisotopic (exact) mass is 1840 g/mol. The van der Waals surface area contributed by atoms with Gasteiger partial charge < -0.3 is 91.5 Å². The zero-order valence-corrected chi connectivity index (χ0v) is 79.8. The third kappa shape index (κ3) is 83.3. The molecule has 0 saturated carbocycles. The number of ether oxygens (including phenoxy) is 7. The minimum Gasteiger partial charge on any atom is -0.495 e. The molecule has 0 heterocycles. The molecule has 5 unspecified atom stereocenters. The zero-order chi connectivity index (χ0) is 94.4. The van der Waals surface area contributed by atoms with E-state index in [2.05, 4.69) is 63.0 Å². The summed E-state index contributed by atoms with van der Waals surface area (Å²) in [6, 6.07) is -1.53. The number of rotatable bonds is 96. The second-order valence-corrected chi connectivity index (χ2v) is 34.8. The van der Waals surface area contributed by atoms with Gasteiger partial charge in [0, 0.05) is 90.0 Å². The predicted octanol–water partition coefficient (Wildman–Crippen LogP) is 12.6. The normalized spacial score (nSPS) is 12.6. The van der Waals surface area contributed by atoms with Crippen LogP contribution >= 0.6 is 7.82 Å². The van der Waals surface area contributed by atoms with E-state index in [0.717, 1.165) is 38.5 Å². The summed E-state index contributed by atoms with van der Waals surface area (Å²) in [7, 11) is -4.69. The molecule has 9 amide bonds. The summed E-state index contributed by atoms with van der Waals surface area (Å²) < 4.78 is 61.7. The topological polar surface area (TPSA) is 491 Å². The number of phosphoric ester groups is 1. The van der Waals surface area contributed by atoms with Crippen LogP contribution in [0.25, 0.3) is 0 Å². The molecule has 0 aromatic carbocycles. The highest BCUT2D eigenvalue weighted by Crippen LogP contribution is 2.43. The molecule has 5 atom stereocenters. The van der Waals surface area contributed by atoms with Crippen molar-refractivity contribution in [1.29, 1.82) is 0 Å². The molecule has 742 valence electrons. The number of phosphoric acid groups is 1. The molecule has 0 aromatic heterocycles. The number of carbonyl (C=O) groups excluding carboxylic acids is 13. The summed E-state index contributed by atoms with van der Waals surface area (Å²) >= 11 is 0. The Morgan fingerprint density at radius 2 is 0.781 bits per heavy atom. The first-order chi connectivity index (χ1) is 61.8. The van der Waals surface area contributed by atoms with Crippen LogP contribution in [0.1, 0.15) is 355 Å². The van der Waals surface area contributed by atoms with Crippen LogP contribution in [0.2, 0.25) is 0 Å². The van der Waals surface area contributed by atoms with Crippen molar-refractivity contribution in [2.75, 3.05) is 125 Å². The van der Waals surface area contributed by atoms with E-state index in [-0.39, 0.29) is 211 Å². The highest BCUT2D eigenvalue weighted by atomic mass is 31.2. The van der Waals surface area contributed by atoms with Gasteiger partial charge in [0.05, 0.1) is 77.7 Å². The van der Waals surface area contributed by atoms with E-state index >= 15 is 0 Å².